The van der Waals surface area contributed by atoms with Gasteiger partial charge in [-0.25, -0.2) is 4.39 Å². The molecule has 0 fully saturated rings. The van der Waals surface area contributed by atoms with Crippen molar-refractivity contribution in [1.29, 1.82) is 0 Å². The van der Waals surface area contributed by atoms with Crippen LogP contribution in [0.25, 0.3) is 0 Å². The van der Waals surface area contributed by atoms with Gasteiger partial charge in [0.25, 0.3) is 0 Å². The van der Waals surface area contributed by atoms with Gasteiger partial charge in [0.2, 0.25) is 0 Å². The van der Waals surface area contributed by atoms with Crippen LogP contribution in [0.4, 0.5) is 4.39 Å². The molecular weight excluding hydrogens is 191 g/mol. The lowest BCUT2D eigenvalue weighted by atomic mass is 10.0. The molecule has 0 bridgehead atoms. The highest BCUT2D eigenvalue weighted by Gasteiger charge is 2.13. The fourth-order valence-corrected chi connectivity index (χ4v) is 1.41. The number of hydrogen-bond acceptors (Lipinski definition) is 1. The molecule has 0 atom stereocenters. The Bertz CT molecular complexity index is 372. The number of benzene rings is 1. The van der Waals surface area contributed by atoms with Crippen molar-refractivity contribution in [3.63, 3.8) is 0 Å². The van der Waals surface area contributed by atoms with Gasteiger partial charge in [-0.3, -0.25) is 4.79 Å². The molecule has 1 aromatic rings. The van der Waals surface area contributed by atoms with Gasteiger partial charge in [0, 0.05) is 5.56 Å². The Kier molecular flexibility index (Phi) is 2.71. The zero-order chi connectivity index (χ0) is 10.2. The average molecular weight is 201 g/mol. The second kappa shape index (κ2) is 3.46. The second-order valence-electron chi connectivity index (χ2n) is 3.05. The fraction of sp³-hybridized carbons (Fsp3) is 0.300. The van der Waals surface area contributed by atoms with E-state index in [9.17, 15) is 9.18 Å². The summed E-state index contributed by atoms with van der Waals surface area (Å²) >= 11 is 5.67. The molecule has 1 rings (SSSR count). The Morgan fingerprint density at radius 1 is 1.46 bits per heavy atom. The standard InChI is InChI=1S/C10H10ClFO/c1-5-4-8(7(3)13)6(2)10(12)9(5)11/h4H,1-3H3. The first-order valence-corrected chi connectivity index (χ1v) is 4.29. The minimum absolute atomic E-state index is 0.0995. The van der Waals surface area contributed by atoms with Crippen molar-refractivity contribution < 1.29 is 9.18 Å². The molecule has 3 heteroatoms. The number of ketones is 1. The summed E-state index contributed by atoms with van der Waals surface area (Å²) in [6, 6.07) is 1.61. The third-order valence-corrected chi connectivity index (χ3v) is 2.48. The number of carbonyl (C=O) groups is 1. The van der Waals surface area contributed by atoms with Crippen LogP contribution in [-0.4, -0.2) is 5.78 Å². The van der Waals surface area contributed by atoms with Crippen molar-refractivity contribution in [3.8, 4) is 0 Å². The number of rotatable bonds is 1. The average Bonchev–Trinajstić information content (AvgIpc) is 2.07. The summed E-state index contributed by atoms with van der Waals surface area (Å²) in [4.78, 5) is 11.1. The SMILES string of the molecule is CC(=O)c1cc(C)c(Cl)c(F)c1C. The summed E-state index contributed by atoms with van der Waals surface area (Å²) in [5.74, 6) is -0.636. The van der Waals surface area contributed by atoms with Crippen LogP contribution in [-0.2, 0) is 0 Å². The first-order chi connectivity index (χ1) is 5.95. The maximum atomic E-state index is 13.3. The van der Waals surface area contributed by atoms with Gasteiger partial charge in [0.15, 0.2) is 5.78 Å². The van der Waals surface area contributed by atoms with Crippen molar-refractivity contribution >= 4 is 17.4 Å². The van der Waals surface area contributed by atoms with E-state index in [1.807, 2.05) is 0 Å². The van der Waals surface area contributed by atoms with Gasteiger partial charge in [-0.1, -0.05) is 11.6 Å². The Balaban J connectivity index is 3.50. The molecule has 70 valence electrons. The van der Waals surface area contributed by atoms with Gasteiger partial charge in [-0.15, -0.1) is 0 Å². The van der Waals surface area contributed by atoms with Crippen molar-refractivity contribution in [2.24, 2.45) is 0 Å². The van der Waals surface area contributed by atoms with Crippen LogP contribution in [0.15, 0.2) is 6.07 Å². The van der Waals surface area contributed by atoms with E-state index in [4.69, 9.17) is 11.6 Å². The predicted molar refractivity (Wildman–Crippen MR) is 50.9 cm³/mol. The van der Waals surface area contributed by atoms with Crippen LogP contribution in [0.3, 0.4) is 0 Å². The molecule has 0 aliphatic rings. The molecule has 0 spiro atoms. The lowest BCUT2D eigenvalue weighted by Gasteiger charge is -2.07. The number of hydrogen-bond donors (Lipinski definition) is 0. The van der Waals surface area contributed by atoms with E-state index in [0.717, 1.165) is 0 Å². The van der Waals surface area contributed by atoms with Gasteiger partial charge in [0.05, 0.1) is 5.02 Å². The maximum Gasteiger partial charge on any atom is 0.160 e. The molecule has 0 amide bonds. The molecule has 0 aromatic heterocycles. The zero-order valence-electron chi connectivity index (χ0n) is 7.74. The lowest BCUT2D eigenvalue weighted by Crippen LogP contribution is -2.00. The van der Waals surface area contributed by atoms with Gasteiger partial charge >= 0.3 is 0 Å². The summed E-state index contributed by atoms with van der Waals surface area (Å²) in [5, 5.41) is 0.0995. The Hall–Kier alpha value is -0.890. The highest BCUT2D eigenvalue weighted by molar-refractivity contribution is 6.31. The van der Waals surface area contributed by atoms with Crippen LogP contribution >= 0.6 is 11.6 Å². The quantitative estimate of drug-likeness (QED) is 0.636. The van der Waals surface area contributed by atoms with E-state index < -0.39 is 5.82 Å². The maximum absolute atomic E-state index is 13.3. The molecule has 1 nitrogen and oxygen atoms in total. The third kappa shape index (κ3) is 1.73. The summed E-state index contributed by atoms with van der Waals surface area (Å²) < 4.78 is 13.3. The van der Waals surface area contributed by atoms with E-state index in [0.29, 0.717) is 16.7 Å². The van der Waals surface area contributed by atoms with Crippen LogP contribution < -0.4 is 0 Å². The largest absolute Gasteiger partial charge is 0.294 e. The molecule has 0 aliphatic carbocycles. The van der Waals surface area contributed by atoms with Crippen LogP contribution in [0.2, 0.25) is 5.02 Å². The molecule has 1 aromatic carbocycles. The molecule has 0 N–H and O–H groups in total. The molecule has 0 saturated heterocycles. The van der Waals surface area contributed by atoms with Crippen molar-refractivity contribution in [1.82, 2.24) is 0 Å². The minimum atomic E-state index is -0.494. The number of aryl methyl sites for hydroxylation is 1. The summed E-state index contributed by atoms with van der Waals surface area (Å²) in [6.45, 7) is 4.64. The Labute approximate surface area is 81.5 Å². The topological polar surface area (TPSA) is 17.1 Å². The van der Waals surface area contributed by atoms with Gasteiger partial charge in [0.1, 0.15) is 5.82 Å². The van der Waals surface area contributed by atoms with Crippen molar-refractivity contribution in [2.45, 2.75) is 20.8 Å². The zero-order valence-corrected chi connectivity index (χ0v) is 8.50. The molecule has 0 radical (unpaired) electrons. The second-order valence-corrected chi connectivity index (χ2v) is 3.43. The van der Waals surface area contributed by atoms with Crippen LogP contribution in [0.5, 0.6) is 0 Å². The predicted octanol–water partition coefficient (Wildman–Crippen LogP) is 3.30. The van der Waals surface area contributed by atoms with Crippen LogP contribution in [0.1, 0.15) is 28.4 Å². The fourth-order valence-electron chi connectivity index (χ4n) is 1.21. The van der Waals surface area contributed by atoms with E-state index in [2.05, 4.69) is 0 Å². The van der Waals surface area contributed by atoms with Crippen molar-refractivity contribution in [2.75, 3.05) is 0 Å². The van der Waals surface area contributed by atoms with E-state index in [1.165, 1.54) is 6.92 Å². The highest BCUT2D eigenvalue weighted by Crippen LogP contribution is 2.25. The third-order valence-electron chi connectivity index (χ3n) is 2.01. The Morgan fingerprint density at radius 2 is 2.00 bits per heavy atom. The van der Waals surface area contributed by atoms with Gasteiger partial charge in [-0.2, -0.15) is 0 Å². The Morgan fingerprint density at radius 3 is 2.46 bits per heavy atom. The smallest absolute Gasteiger partial charge is 0.160 e. The first kappa shape index (κ1) is 10.2. The molecule has 0 saturated carbocycles. The number of Topliss-reactive ketones (excluding diaryl/α,β-unsaturated/α-hetero) is 1. The lowest BCUT2D eigenvalue weighted by molar-refractivity contribution is 0.101. The van der Waals surface area contributed by atoms with E-state index >= 15 is 0 Å². The molecule has 0 aliphatic heterocycles. The number of halogens is 2. The highest BCUT2D eigenvalue weighted by atomic mass is 35.5. The summed E-state index contributed by atoms with van der Waals surface area (Å²) in [5.41, 5.74) is 1.32. The summed E-state index contributed by atoms with van der Waals surface area (Å²) in [7, 11) is 0. The van der Waals surface area contributed by atoms with E-state index in [1.54, 1.807) is 19.9 Å². The van der Waals surface area contributed by atoms with Gasteiger partial charge in [-0.05, 0) is 38.0 Å². The van der Waals surface area contributed by atoms with Gasteiger partial charge < -0.3 is 0 Å². The molecule has 13 heavy (non-hydrogen) atoms. The van der Waals surface area contributed by atoms with Crippen LogP contribution in [0, 0.1) is 19.7 Å². The molecule has 0 unspecified atom stereocenters. The van der Waals surface area contributed by atoms with Crippen molar-refractivity contribution in [3.05, 3.63) is 33.6 Å². The monoisotopic (exact) mass is 200 g/mol. The number of carbonyl (C=O) groups excluding carboxylic acids is 1. The summed E-state index contributed by atoms with van der Waals surface area (Å²) in [6.07, 6.45) is 0. The molecular formula is C10H10ClFO. The normalized spacial score (nSPS) is 10.2. The molecule has 0 heterocycles. The minimum Gasteiger partial charge on any atom is -0.294 e. The first-order valence-electron chi connectivity index (χ1n) is 3.91. The van der Waals surface area contributed by atoms with E-state index in [-0.39, 0.29) is 10.8 Å².